The summed E-state index contributed by atoms with van der Waals surface area (Å²) < 4.78 is 1.87. The van der Waals surface area contributed by atoms with Gasteiger partial charge in [-0.05, 0) is 44.2 Å². The van der Waals surface area contributed by atoms with Crippen LogP contribution in [0.3, 0.4) is 0 Å². The van der Waals surface area contributed by atoms with Crippen LogP contribution in [0.15, 0.2) is 29.1 Å². The number of carbonyl (C=O) groups excluding carboxylic acids is 1. The van der Waals surface area contributed by atoms with E-state index in [2.05, 4.69) is 4.98 Å². The molecule has 134 valence electrons. The van der Waals surface area contributed by atoms with Crippen molar-refractivity contribution in [3.8, 4) is 0 Å². The zero-order valence-corrected chi connectivity index (χ0v) is 14.5. The van der Waals surface area contributed by atoms with Gasteiger partial charge in [-0.2, -0.15) is 0 Å². The summed E-state index contributed by atoms with van der Waals surface area (Å²) in [6.45, 7) is 1.45. The van der Waals surface area contributed by atoms with Gasteiger partial charge in [-0.25, -0.2) is 4.79 Å². The Labute approximate surface area is 147 Å². The molecule has 1 aliphatic heterocycles. The second-order valence-corrected chi connectivity index (χ2v) is 7.50. The molecule has 2 aromatic rings. The Morgan fingerprint density at radius 3 is 2.64 bits per heavy atom. The second-order valence-electron chi connectivity index (χ2n) is 7.50. The lowest BCUT2D eigenvalue weighted by Gasteiger charge is -2.36. The number of nitrogens with two attached hydrogens (primary N) is 1. The van der Waals surface area contributed by atoms with Gasteiger partial charge in [0, 0.05) is 31.1 Å². The molecule has 2 fully saturated rings. The molecule has 1 aliphatic carbocycles. The molecule has 2 atom stereocenters. The van der Waals surface area contributed by atoms with Crippen LogP contribution in [0, 0.1) is 5.92 Å². The molecule has 2 aliphatic rings. The first-order chi connectivity index (χ1) is 12.1. The molecule has 1 aromatic heterocycles. The number of benzene rings is 1. The van der Waals surface area contributed by atoms with Gasteiger partial charge in [0.05, 0.1) is 11.0 Å². The Balaban J connectivity index is 1.45. The van der Waals surface area contributed by atoms with Crippen LogP contribution in [-0.2, 0) is 4.79 Å². The van der Waals surface area contributed by atoms with Crippen LogP contribution in [0.25, 0.3) is 11.0 Å². The summed E-state index contributed by atoms with van der Waals surface area (Å²) in [4.78, 5) is 30.0. The van der Waals surface area contributed by atoms with Crippen molar-refractivity contribution in [2.45, 2.75) is 50.6 Å². The zero-order chi connectivity index (χ0) is 17.4. The minimum absolute atomic E-state index is 0.0516. The van der Waals surface area contributed by atoms with Gasteiger partial charge in [-0.15, -0.1) is 0 Å². The van der Waals surface area contributed by atoms with E-state index in [1.165, 1.54) is 0 Å². The molecular formula is C19H26N4O2. The SMILES string of the molecule is NC1CCCC(C(=O)N2CCC(n3c(=O)[nH]c4ccccc43)CC2)C1. The predicted octanol–water partition coefficient (Wildman–Crippen LogP) is 2.01. The third-order valence-corrected chi connectivity index (χ3v) is 5.83. The Kier molecular flexibility index (Phi) is 4.37. The van der Waals surface area contributed by atoms with Crippen LogP contribution in [0.4, 0.5) is 0 Å². The standard InChI is InChI=1S/C19H26N4O2/c20-14-5-3-4-13(12-14)18(24)22-10-8-15(9-11-22)23-17-7-2-1-6-16(17)21-19(23)25/h1-2,6-7,13-15H,3-5,8-12,20H2,(H,21,25). The molecule has 6 nitrogen and oxygen atoms in total. The highest BCUT2D eigenvalue weighted by atomic mass is 16.2. The fourth-order valence-corrected chi connectivity index (χ4v) is 4.49. The maximum absolute atomic E-state index is 12.8. The van der Waals surface area contributed by atoms with Gasteiger partial charge in [-0.1, -0.05) is 18.6 Å². The summed E-state index contributed by atoms with van der Waals surface area (Å²) in [5, 5.41) is 0. The van der Waals surface area contributed by atoms with E-state index in [4.69, 9.17) is 5.73 Å². The number of hydrogen-bond donors (Lipinski definition) is 2. The fourth-order valence-electron chi connectivity index (χ4n) is 4.49. The van der Waals surface area contributed by atoms with Crippen molar-refractivity contribution in [1.82, 2.24) is 14.5 Å². The lowest BCUT2D eigenvalue weighted by molar-refractivity contribution is -0.138. The zero-order valence-electron chi connectivity index (χ0n) is 14.5. The van der Waals surface area contributed by atoms with Crippen molar-refractivity contribution in [2.75, 3.05) is 13.1 Å². The Morgan fingerprint density at radius 1 is 1.12 bits per heavy atom. The first kappa shape index (κ1) is 16.4. The third kappa shape index (κ3) is 3.11. The summed E-state index contributed by atoms with van der Waals surface area (Å²) >= 11 is 0. The average molecular weight is 342 g/mol. The third-order valence-electron chi connectivity index (χ3n) is 5.83. The molecule has 25 heavy (non-hydrogen) atoms. The van der Waals surface area contributed by atoms with E-state index in [0.717, 1.165) is 62.6 Å². The molecule has 0 radical (unpaired) electrons. The highest BCUT2D eigenvalue weighted by Gasteiger charge is 2.32. The number of fused-ring (bicyclic) bond motifs is 1. The van der Waals surface area contributed by atoms with E-state index in [0.29, 0.717) is 0 Å². The average Bonchev–Trinajstić information content (AvgIpc) is 2.97. The summed E-state index contributed by atoms with van der Waals surface area (Å²) in [5.41, 5.74) is 7.82. The molecule has 2 heterocycles. The number of rotatable bonds is 2. The highest BCUT2D eigenvalue weighted by molar-refractivity contribution is 5.79. The van der Waals surface area contributed by atoms with E-state index in [1.54, 1.807) is 0 Å². The van der Waals surface area contributed by atoms with Gasteiger partial charge in [0.25, 0.3) is 0 Å². The Morgan fingerprint density at radius 2 is 1.88 bits per heavy atom. The van der Waals surface area contributed by atoms with Crippen molar-refractivity contribution < 1.29 is 4.79 Å². The van der Waals surface area contributed by atoms with Crippen molar-refractivity contribution in [3.05, 3.63) is 34.7 Å². The first-order valence-corrected chi connectivity index (χ1v) is 9.37. The van der Waals surface area contributed by atoms with Gasteiger partial charge < -0.3 is 15.6 Å². The summed E-state index contributed by atoms with van der Waals surface area (Å²) in [5.74, 6) is 0.357. The van der Waals surface area contributed by atoms with Crippen molar-refractivity contribution in [3.63, 3.8) is 0 Å². The minimum atomic E-state index is -0.0516. The molecule has 1 aromatic carbocycles. The predicted molar refractivity (Wildman–Crippen MR) is 97.3 cm³/mol. The number of nitrogens with zero attached hydrogens (tertiary/aromatic N) is 2. The van der Waals surface area contributed by atoms with Gasteiger partial charge in [-0.3, -0.25) is 9.36 Å². The first-order valence-electron chi connectivity index (χ1n) is 9.37. The van der Waals surface area contributed by atoms with Crippen LogP contribution in [0.2, 0.25) is 0 Å². The summed E-state index contributed by atoms with van der Waals surface area (Å²) in [6, 6.07) is 8.12. The van der Waals surface area contributed by atoms with Crippen molar-refractivity contribution in [1.29, 1.82) is 0 Å². The lowest BCUT2D eigenvalue weighted by Crippen LogP contribution is -2.45. The summed E-state index contributed by atoms with van der Waals surface area (Å²) in [6.07, 6.45) is 5.53. The monoisotopic (exact) mass is 342 g/mol. The molecule has 6 heteroatoms. The number of likely N-dealkylation sites (tertiary alicyclic amines) is 1. The Hall–Kier alpha value is -2.08. The number of H-pyrrole nitrogens is 1. The Bertz CT molecular complexity index is 816. The minimum Gasteiger partial charge on any atom is -0.342 e. The molecule has 1 amide bonds. The number of carbonyl (C=O) groups is 1. The number of amides is 1. The second kappa shape index (κ2) is 6.67. The number of nitrogens with one attached hydrogen (secondary N) is 1. The molecular weight excluding hydrogens is 316 g/mol. The molecule has 1 saturated carbocycles. The van der Waals surface area contributed by atoms with Gasteiger partial charge in [0.15, 0.2) is 0 Å². The molecule has 0 spiro atoms. The van der Waals surface area contributed by atoms with E-state index < -0.39 is 0 Å². The van der Waals surface area contributed by atoms with Gasteiger partial charge >= 0.3 is 5.69 Å². The fraction of sp³-hybridized carbons (Fsp3) is 0.579. The molecule has 1 saturated heterocycles. The maximum Gasteiger partial charge on any atom is 0.326 e. The van der Waals surface area contributed by atoms with Crippen LogP contribution in [0.5, 0.6) is 0 Å². The molecule has 3 N–H and O–H groups in total. The molecule has 2 unspecified atom stereocenters. The maximum atomic E-state index is 12.8. The van der Waals surface area contributed by atoms with E-state index >= 15 is 0 Å². The molecule has 0 bridgehead atoms. The van der Waals surface area contributed by atoms with Crippen LogP contribution in [0.1, 0.15) is 44.6 Å². The normalized spacial score (nSPS) is 25.4. The smallest absolute Gasteiger partial charge is 0.326 e. The van der Waals surface area contributed by atoms with Crippen LogP contribution >= 0.6 is 0 Å². The number of piperidine rings is 1. The summed E-state index contributed by atoms with van der Waals surface area (Å²) in [7, 11) is 0. The van der Waals surface area contributed by atoms with Crippen molar-refractivity contribution >= 4 is 16.9 Å². The van der Waals surface area contributed by atoms with Gasteiger partial charge in [0.2, 0.25) is 5.91 Å². The lowest BCUT2D eigenvalue weighted by atomic mass is 9.85. The van der Waals surface area contributed by atoms with Crippen LogP contribution in [-0.4, -0.2) is 39.5 Å². The number of aromatic nitrogens is 2. The molecule has 4 rings (SSSR count). The largest absolute Gasteiger partial charge is 0.342 e. The quantitative estimate of drug-likeness (QED) is 0.875. The number of aromatic amines is 1. The van der Waals surface area contributed by atoms with E-state index in [1.807, 2.05) is 33.7 Å². The van der Waals surface area contributed by atoms with E-state index in [-0.39, 0.29) is 29.6 Å². The van der Waals surface area contributed by atoms with Gasteiger partial charge in [0.1, 0.15) is 0 Å². The van der Waals surface area contributed by atoms with Crippen molar-refractivity contribution in [2.24, 2.45) is 11.7 Å². The number of imidazole rings is 1. The number of hydrogen-bond acceptors (Lipinski definition) is 3. The van der Waals surface area contributed by atoms with Crippen LogP contribution < -0.4 is 11.4 Å². The number of para-hydroxylation sites is 2. The highest BCUT2D eigenvalue weighted by Crippen LogP contribution is 2.29. The topological polar surface area (TPSA) is 84.1 Å². The van der Waals surface area contributed by atoms with E-state index in [9.17, 15) is 9.59 Å².